The minimum atomic E-state index is -0.134. The lowest BCUT2D eigenvalue weighted by Crippen LogP contribution is -2.26. The predicted octanol–water partition coefficient (Wildman–Crippen LogP) is 4.82. The predicted molar refractivity (Wildman–Crippen MR) is 140 cm³/mol. The summed E-state index contributed by atoms with van der Waals surface area (Å²) in [6.07, 6.45) is 2.03. The van der Waals surface area contributed by atoms with Crippen molar-refractivity contribution in [2.24, 2.45) is 0 Å². The van der Waals surface area contributed by atoms with Gasteiger partial charge in [0, 0.05) is 46.7 Å². The molecule has 1 aromatic heterocycles. The highest BCUT2D eigenvalue weighted by atomic mass is 32.2. The molecule has 2 N–H and O–H groups in total. The molecule has 0 aliphatic carbocycles. The molecule has 0 fully saturated rings. The molecule has 8 heteroatoms. The van der Waals surface area contributed by atoms with Gasteiger partial charge in [0.25, 0.3) is 5.91 Å². The van der Waals surface area contributed by atoms with Crippen molar-refractivity contribution in [3.63, 3.8) is 0 Å². The Morgan fingerprint density at radius 2 is 1.71 bits per heavy atom. The molecule has 35 heavy (non-hydrogen) atoms. The molecule has 0 saturated carbocycles. The van der Waals surface area contributed by atoms with Gasteiger partial charge in [0.1, 0.15) is 11.5 Å². The van der Waals surface area contributed by atoms with Crippen LogP contribution in [0.15, 0.2) is 83.9 Å². The second-order valence-corrected chi connectivity index (χ2v) is 8.75. The quantitative estimate of drug-likeness (QED) is 0.312. The minimum absolute atomic E-state index is 0.0951. The third-order valence-corrected chi connectivity index (χ3v) is 6.51. The van der Waals surface area contributed by atoms with Crippen LogP contribution in [0.4, 0.5) is 5.69 Å². The monoisotopic (exact) mass is 489 g/mol. The highest BCUT2D eigenvalue weighted by Crippen LogP contribution is 2.32. The SMILES string of the molecule is COc1ccc(NC(=O)CSc2cn(CCNC(=O)c3ccccc3)c3ccccc23)c(OC)c1. The van der Waals surface area contributed by atoms with E-state index in [9.17, 15) is 9.59 Å². The number of amides is 2. The summed E-state index contributed by atoms with van der Waals surface area (Å²) in [5.41, 5.74) is 2.29. The van der Waals surface area contributed by atoms with Gasteiger partial charge in [-0.15, -0.1) is 11.8 Å². The standard InChI is InChI=1S/C27H27N3O4S/c1-33-20-12-13-22(24(16-20)34-2)29-26(31)18-35-25-17-30(23-11-7-6-10-21(23)25)15-14-28-27(32)19-8-4-3-5-9-19/h3-13,16-17H,14-15,18H2,1-2H3,(H,28,32)(H,29,31). The van der Waals surface area contributed by atoms with Crippen molar-refractivity contribution in [2.45, 2.75) is 11.4 Å². The number of nitrogens with zero attached hydrogens (tertiary/aromatic N) is 1. The maximum absolute atomic E-state index is 12.7. The lowest BCUT2D eigenvalue weighted by Gasteiger charge is -2.11. The van der Waals surface area contributed by atoms with Crippen LogP contribution in [0.3, 0.4) is 0 Å². The Bertz CT molecular complexity index is 1320. The Kier molecular flexibility index (Phi) is 7.95. The lowest BCUT2D eigenvalue weighted by atomic mass is 10.2. The molecule has 0 spiro atoms. The molecule has 1 heterocycles. The fourth-order valence-corrected chi connectivity index (χ4v) is 4.61. The van der Waals surface area contributed by atoms with Crippen LogP contribution in [0, 0.1) is 0 Å². The summed E-state index contributed by atoms with van der Waals surface area (Å²) in [4.78, 5) is 26.0. The Hall–Kier alpha value is -3.91. The van der Waals surface area contributed by atoms with E-state index in [1.807, 2.05) is 48.7 Å². The van der Waals surface area contributed by atoms with Crippen molar-refractivity contribution in [1.82, 2.24) is 9.88 Å². The van der Waals surface area contributed by atoms with Crippen LogP contribution >= 0.6 is 11.8 Å². The first kappa shape index (κ1) is 24.2. The maximum atomic E-state index is 12.7. The molecule has 0 saturated heterocycles. The van der Waals surface area contributed by atoms with Gasteiger partial charge in [0.2, 0.25) is 5.91 Å². The highest BCUT2D eigenvalue weighted by molar-refractivity contribution is 8.00. The maximum Gasteiger partial charge on any atom is 0.251 e. The van der Waals surface area contributed by atoms with Gasteiger partial charge < -0.3 is 24.7 Å². The number of hydrogen-bond donors (Lipinski definition) is 2. The smallest absolute Gasteiger partial charge is 0.251 e. The van der Waals surface area contributed by atoms with E-state index >= 15 is 0 Å². The first-order chi connectivity index (χ1) is 17.1. The van der Waals surface area contributed by atoms with Crippen molar-refractivity contribution >= 4 is 40.2 Å². The zero-order chi connectivity index (χ0) is 24.6. The van der Waals surface area contributed by atoms with E-state index < -0.39 is 0 Å². The molecule has 0 radical (unpaired) electrons. The molecule has 0 atom stereocenters. The van der Waals surface area contributed by atoms with E-state index in [1.54, 1.807) is 44.6 Å². The van der Waals surface area contributed by atoms with E-state index in [4.69, 9.17) is 9.47 Å². The van der Waals surface area contributed by atoms with Crippen molar-refractivity contribution in [2.75, 3.05) is 31.8 Å². The Labute approximate surface area is 208 Å². The summed E-state index contributed by atoms with van der Waals surface area (Å²) < 4.78 is 12.7. The third kappa shape index (κ3) is 5.96. The second kappa shape index (κ2) is 11.5. The number of carbonyl (C=O) groups excluding carboxylic acids is 2. The lowest BCUT2D eigenvalue weighted by molar-refractivity contribution is -0.113. The first-order valence-corrected chi connectivity index (χ1v) is 12.1. The summed E-state index contributed by atoms with van der Waals surface area (Å²) in [5, 5.41) is 6.94. The molecule has 0 aliphatic heterocycles. The van der Waals surface area contributed by atoms with Crippen LogP contribution < -0.4 is 20.1 Å². The van der Waals surface area contributed by atoms with Crippen LogP contribution in [-0.2, 0) is 11.3 Å². The second-order valence-electron chi connectivity index (χ2n) is 7.73. The summed E-state index contributed by atoms with van der Waals surface area (Å²) in [6, 6.07) is 22.5. The molecular weight excluding hydrogens is 462 g/mol. The largest absolute Gasteiger partial charge is 0.497 e. The van der Waals surface area contributed by atoms with Gasteiger partial charge in [-0.05, 0) is 30.3 Å². The molecule has 0 bridgehead atoms. The minimum Gasteiger partial charge on any atom is -0.497 e. The molecule has 0 unspecified atom stereocenters. The molecule has 7 nitrogen and oxygen atoms in total. The number of anilines is 1. The summed E-state index contributed by atoms with van der Waals surface area (Å²) in [5.74, 6) is 1.21. The third-order valence-electron chi connectivity index (χ3n) is 5.47. The Morgan fingerprint density at radius 1 is 0.943 bits per heavy atom. The van der Waals surface area contributed by atoms with Crippen LogP contribution in [0.1, 0.15) is 10.4 Å². The number of benzene rings is 3. The van der Waals surface area contributed by atoms with Gasteiger partial charge >= 0.3 is 0 Å². The average Bonchev–Trinajstić information content (AvgIpc) is 3.25. The number of rotatable bonds is 10. The number of methoxy groups -OCH3 is 2. The van der Waals surface area contributed by atoms with E-state index in [-0.39, 0.29) is 17.6 Å². The van der Waals surface area contributed by atoms with E-state index in [0.717, 1.165) is 15.8 Å². The van der Waals surface area contributed by atoms with Crippen molar-refractivity contribution in [3.8, 4) is 11.5 Å². The van der Waals surface area contributed by atoms with Gasteiger partial charge in [0.15, 0.2) is 0 Å². The van der Waals surface area contributed by atoms with Crippen LogP contribution in [0.25, 0.3) is 10.9 Å². The van der Waals surface area contributed by atoms with Crippen molar-refractivity contribution in [3.05, 3.63) is 84.6 Å². The Balaban J connectivity index is 1.39. The number of para-hydroxylation sites is 1. The summed E-state index contributed by atoms with van der Waals surface area (Å²) >= 11 is 1.47. The van der Waals surface area contributed by atoms with Crippen molar-refractivity contribution in [1.29, 1.82) is 0 Å². The van der Waals surface area contributed by atoms with E-state index in [0.29, 0.717) is 35.8 Å². The van der Waals surface area contributed by atoms with Gasteiger partial charge in [-0.25, -0.2) is 0 Å². The molecular formula is C27H27N3O4S. The number of ether oxygens (including phenoxy) is 2. The van der Waals surface area contributed by atoms with Gasteiger partial charge in [-0.2, -0.15) is 0 Å². The molecule has 3 aromatic carbocycles. The number of hydrogen-bond acceptors (Lipinski definition) is 5. The molecule has 180 valence electrons. The molecule has 0 aliphatic rings. The fourth-order valence-electron chi connectivity index (χ4n) is 3.73. The van der Waals surface area contributed by atoms with Gasteiger partial charge in [0.05, 0.1) is 25.7 Å². The first-order valence-electron chi connectivity index (χ1n) is 11.1. The number of aromatic nitrogens is 1. The fraction of sp³-hybridized carbons (Fsp3) is 0.185. The summed E-state index contributed by atoms with van der Waals surface area (Å²) in [6.45, 7) is 1.11. The van der Waals surface area contributed by atoms with Gasteiger partial charge in [-0.3, -0.25) is 9.59 Å². The van der Waals surface area contributed by atoms with Crippen molar-refractivity contribution < 1.29 is 19.1 Å². The van der Waals surface area contributed by atoms with E-state index in [1.165, 1.54) is 11.8 Å². The average molecular weight is 490 g/mol. The Morgan fingerprint density at radius 3 is 2.49 bits per heavy atom. The molecule has 4 aromatic rings. The molecule has 2 amide bonds. The number of thioether (sulfide) groups is 1. The normalized spacial score (nSPS) is 10.7. The molecule has 4 rings (SSSR count). The topological polar surface area (TPSA) is 81.6 Å². The van der Waals surface area contributed by atoms with E-state index in [2.05, 4.69) is 15.2 Å². The number of fused-ring (bicyclic) bond motifs is 1. The number of carbonyl (C=O) groups is 2. The van der Waals surface area contributed by atoms with Crippen LogP contribution in [-0.4, -0.2) is 42.9 Å². The van der Waals surface area contributed by atoms with Crippen LogP contribution in [0.5, 0.6) is 11.5 Å². The zero-order valence-corrected chi connectivity index (χ0v) is 20.4. The zero-order valence-electron chi connectivity index (χ0n) is 19.6. The van der Waals surface area contributed by atoms with Gasteiger partial charge in [-0.1, -0.05) is 36.4 Å². The highest BCUT2D eigenvalue weighted by Gasteiger charge is 2.13. The summed E-state index contributed by atoms with van der Waals surface area (Å²) in [7, 11) is 3.13. The number of nitrogens with one attached hydrogen (secondary N) is 2. The van der Waals surface area contributed by atoms with Crippen LogP contribution in [0.2, 0.25) is 0 Å².